The van der Waals surface area contributed by atoms with Crippen LogP contribution >= 0.6 is 0 Å². The molecule has 0 radical (unpaired) electrons. The van der Waals surface area contributed by atoms with Gasteiger partial charge in [0.2, 0.25) is 0 Å². The van der Waals surface area contributed by atoms with Crippen molar-refractivity contribution in [3.8, 4) is 0 Å². The van der Waals surface area contributed by atoms with Gasteiger partial charge in [-0.2, -0.15) is 0 Å². The van der Waals surface area contributed by atoms with Gasteiger partial charge in [-0.3, -0.25) is 0 Å². The first-order valence-electron chi connectivity index (χ1n) is 8.36. The van der Waals surface area contributed by atoms with Crippen LogP contribution in [0, 0.1) is 18.8 Å². The van der Waals surface area contributed by atoms with Gasteiger partial charge in [-0.1, -0.05) is 31.9 Å². The molecule has 114 valence electrons. The number of benzene rings is 1. The van der Waals surface area contributed by atoms with E-state index in [1.165, 1.54) is 37.7 Å². The third-order valence-corrected chi connectivity index (χ3v) is 4.93. The summed E-state index contributed by atoms with van der Waals surface area (Å²) in [6, 6.07) is 8.41. The molecular weight excluding hydrogens is 258 g/mol. The van der Waals surface area contributed by atoms with E-state index in [9.17, 15) is 0 Å². The van der Waals surface area contributed by atoms with Gasteiger partial charge in [-0.05, 0) is 50.3 Å². The molecule has 0 spiro atoms. The van der Waals surface area contributed by atoms with Gasteiger partial charge < -0.3 is 9.88 Å². The molecule has 1 aromatic carbocycles. The van der Waals surface area contributed by atoms with Gasteiger partial charge in [0.1, 0.15) is 5.82 Å². The van der Waals surface area contributed by atoms with E-state index in [2.05, 4.69) is 53.0 Å². The molecule has 1 fully saturated rings. The number of imidazole rings is 1. The molecule has 1 heterocycles. The predicted molar refractivity (Wildman–Crippen MR) is 88.5 cm³/mol. The lowest BCUT2D eigenvalue weighted by molar-refractivity contribution is 0.281. The maximum absolute atomic E-state index is 4.63. The van der Waals surface area contributed by atoms with Crippen LogP contribution in [0.2, 0.25) is 0 Å². The van der Waals surface area contributed by atoms with Crippen molar-refractivity contribution in [2.45, 2.75) is 46.1 Å². The molecule has 2 aromatic rings. The first-order chi connectivity index (χ1) is 10.2. The predicted octanol–water partition coefficient (Wildman–Crippen LogP) is 3.76. The van der Waals surface area contributed by atoms with Crippen molar-refractivity contribution in [3.63, 3.8) is 0 Å². The second-order valence-electron chi connectivity index (χ2n) is 6.63. The minimum absolute atomic E-state index is 0.891. The second-order valence-corrected chi connectivity index (χ2v) is 6.63. The van der Waals surface area contributed by atoms with Gasteiger partial charge in [0.15, 0.2) is 0 Å². The van der Waals surface area contributed by atoms with Crippen LogP contribution in [0.1, 0.15) is 38.4 Å². The highest BCUT2D eigenvalue weighted by molar-refractivity contribution is 5.75. The zero-order chi connectivity index (χ0) is 14.7. The standard InChI is InChI=1S/C18H27N3/c1-14-7-9-16(10-8-14)13-19-11-12-21-15(2)20-17-5-3-4-6-18(17)21/h3-6,14,16,19H,7-13H2,1-2H3. The van der Waals surface area contributed by atoms with Crippen LogP contribution in [0.4, 0.5) is 0 Å². The largest absolute Gasteiger partial charge is 0.327 e. The van der Waals surface area contributed by atoms with Gasteiger partial charge >= 0.3 is 0 Å². The zero-order valence-corrected chi connectivity index (χ0v) is 13.3. The number of hydrogen-bond donors (Lipinski definition) is 1. The highest BCUT2D eigenvalue weighted by atomic mass is 15.1. The summed E-state index contributed by atoms with van der Waals surface area (Å²) in [5, 5.41) is 3.65. The maximum atomic E-state index is 4.63. The first kappa shape index (κ1) is 14.6. The summed E-state index contributed by atoms with van der Waals surface area (Å²) >= 11 is 0. The smallest absolute Gasteiger partial charge is 0.106 e. The Labute approximate surface area is 127 Å². The molecule has 3 heteroatoms. The summed E-state index contributed by atoms with van der Waals surface area (Å²) < 4.78 is 2.32. The molecule has 21 heavy (non-hydrogen) atoms. The average molecular weight is 285 g/mol. The molecule has 0 saturated heterocycles. The molecule has 3 nitrogen and oxygen atoms in total. The van der Waals surface area contributed by atoms with Crippen molar-refractivity contribution < 1.29 is 0 Å². The molecule has 1 N–H and O–H groups in total. The third kappa shape index (κ3) is 3.46. The van der Waals surface area contributed by atoms with Gasteiger partial charge in [-0.15, -0.1) is 0 Å². The second kappa shape index (κ2) is 6.61. The fraction of sp³-hybridized carbons (Fsp3) is 0.611. The fourth-order valence-electron chi connectivity index (χ4n) is 3.51. The summed E-state index contributed by atoms with van der Waals surface area (Å²) in [6.07, 6.45) is 5.64. The van der Waals surface area contributed by atoms with Gasteiger partial charge in [-0.25, -0.2) is 4.98 Å². The van der Waals surface area contributed by atoms with E-state index in [4.69, 9.17) is 0 Å². The summed E-state index contributed by atoms with van der Waals surface area (Å²) in [5.41, 5.74) is 2.36. The van der Waals surface area contributed by atoms with E-state index in [1.807, 2.05) is 0 Å². The average Bonchev–Trinajstić information content (AvgIpc) is 2.81. The van der Waals surface area contributed by atoms with E-state index in [0.29, 0.717) is 0 Å². The topological polar surface area (TPSA) is 29.9 Å². The van der Waals surface area contributed by atoms with E-state index in [-0.39, 0.29) is 0 Å². The lowest BCUT2D eigenvalue weighted by Gasteiger charge is -2.26. The molecule has 1 aromatic heterocycles. The Balaban J connectivity index is 1.49. The van der Waals surface area contributed by atoms with E-state index >= 15 is 0 Å². The van der Waals surface area contributed by atoms with Crippen molar-refractivity contribution >= 4 is 11.0 Å². The van der Waals surface area contributed by atoms with Crippen molar-refractivity contribution in [2.24, 2.45) is 11.8 Å². The first-order valence-corrected chi connectivity index (χ1v) is 8.36. The molecule has 0 unspecified atom stereocenters. The van der Waals surface area contributed by atoms with Gasteiger partial charge in [0.05, 0.1) is 11.0 Å². The van der Waals surface area contributed by atoms with Crippen LogP contribution in [0.25, 0.3) is 11.0 Å². The Morgan fingerprint density at radius 3 is 2.76 bits per heavy atom. The van der Waals surface area contributed by atoms with Crippen molar-refractivity contribution in [3.05, 3.63) is 30.1 Å². The Morgan fingerprint density at radius 2 is 1.95 bits per heavy atom. The van der Waals surface area contributed by atoms with Crippen LogP contribution in [-0.2, 0) is 6.54 Å². The van der Waals surface area contributed by atoms with Crippen LogP contribution in [-0.4, -0.2) is 22.6 Å². The van der Waals surface area contributed by atoms with Gasteiger partial charge in [0, 0.05) is 13.1 Å². The van der Waals surface area contributed by atoms with Crippen LogP contribution in [0.15, 0.2) is 24.3 Å². The summed E-state index contributed by atoms with van der Waals surface area (Å²) in [5.74, 6) is 2.95. The normalized spacial score (nSPS) is 22.8. The molecule has 0 amide bonds. The van der Waals surface area contributed by atoms with Crippen LogP contribution < -0.4 is 5.32 Å². The van der Waals surface area contributed by atoms with Crippen molar-refractivity contribution in [1.29, 1.82) is 0 Å². The molecular formula is C18H27N3. The number of aromatic nitrogens is 2. The lowest BCUT2D eigenvalue weighted by atomic mass is 9.83. The van der Waals surface area contributed by atoms with Crippen molar-refractivity contribution in [2.75, 3.05) is 13.1 Å². The number of nitrogens with zero attached hydrogens (tertiary/aromatic N) is 2. The molecule has 0 aliphatic heterocycles. The number of hydrogen-bond acceptors (Lipinski definition) is 2. The summed E-state index contributed by atoms with van der Waals surface area (Å²) in [4.78, 5) is 4.63. The van der Waals surface area contributed by atoms with Crippen molar-refractivity contribution in [1.82, 2.24) is 14.9 Å². The number of fused-ring (bicyclic) bond motifs is 1. The minimum atomic E-state index is 0.891. The quantitative estimate of drug-likeness (QED) is 0.848. The number of nitrogens with one attached hydrogen (secondary N) is 1. The molecule has 0 atom stereocenters. The molecule has 1 aliphatic carbocycles. The molecule has 1 saturated carbocycles. The minimum Gasteiger partial charge on any atom is -0.327 e. The molecule has 3 rings (SSSR count). The number of rotatable bonds is 5. The summed E-state index contributed by atoms with van der Waals surface area (Å²) in [6.45, 7) is 7.71. The van der Waals surface area contributed by atoms with E-state index in [0.717, 1.165) is 36.3 Å². The zero-order valence-electron chi connectivity index (χ0n) is 13.3. The van der Waals surface area contributed by atoms with Gasteiger partial charge in [0.25, 0.3) is 0 Å². The fourth-order valence-corrected chi connectivity index (χ4v) is 3.51. The number of para-hydroxylation sites is 2. The molecule has 0 bridgehead atoms. The lowest BCUT2D eigenvalue weighted by Crippen LogP contribution is -2.28. The molecule has 1 aliphatic rings. The highest BCUT2D eigenvalue weighted by Crippen LogP contribution is 2.27. The van der Waals surface area contributed by atoms with Crippen LogP contribution in [0.5, 0.6) is 0 Å². The number of aryl methyl sites for hydroxylation is 1. The Hall–Kier alpha value is -1.35. The van der Waals surface area contributed by atoms with E-state index < -0.39 is 0 Å². The Morgan fingerprint density at radius 1 is 1.19 bits per heavy atom. The maximum Gasteiger partial charge on any atom is 0.106 e. The van der Waals surface area contributed by atoms with E-state index in [1.54, 1.807) is 0 Å². The monoisotopic (exact) mass is 285 g/mol. The van der Waals surface area contributed by atoms with Crippen LogP contribution in [0.3, 0.4) is 0 Å². The summed E-state index contributed by atoms with van der Waals surface area (Å²) in [7, 11) is 0. The third-order valence-electron chi connectivity index (χ3n) is 4.93. The Kier molecular flexibility index (Phi) is 4.59. The Bertz CT molecular complexity index is 579. The highest BCUT2D eigenvalue weighted by Gasteiger charge is 2.17. The SMILES string of the molecule is Cc1nc2ccccc2n1CCNCC1CCC(C)CC1.